The zero-order valence-electron chi connectivity index (χ0n) is 8.03. The van der Waals surface area contributed by atoms with E-state index in [0.717, 1.165) is 0 Å². The summed E-state index contributed by atoms with van der Waals surface area (Å²) in [6, 6.07) is 0. The molecule has 3 heteroatoms. The Bertz CT molecular complexity index is 132. The lowest BCUT2D eigenvalue weighted by molar-refractivity contribution is -0.113. The van der Waals surface area contributed by atoms with Gasteiger partial charge in [0.1, 0.15) is 0 Å². The number of hydrogen-bond acceptors (Lipinski definition) is 1. The number of halogens is 2. The Morgan fingerprint density at radius 1 is 1.25 bits per heavy atom. The van der Waals surface area contributed by atoms with Gasteiger partial charge in [0.15, 0.2) is 0 Å². The van der Waals surface area contributed by atoms with Gasteiger partial charge in [-0.2, -0.15) is 0 Å². The summed E-state index contributed by atoms with van der Waals surface area (Å²) in [5.74, 6) is -2.62. The van der Waals surface area contributed by atoms with E-state index in [4.69, 9.17) is 5.11 Å². The first-order chi connectivity index (χ1) is 5.37. The summed E-state index contributed by atoms with van der Waals surface area (Å²) in [5.41, 5.74) is -0.996. The molecule has 0 fully saturated rings. The van der Waals surface area contributed by atoms with Crippen molar-refractivity contribution in [2.45, 2.75) is 46.0 Å². The topological polar surface area (TPSA) is 20.2 Å². The molecule has 1 nitrogen and oxygen atoms in total. The van der Waals surface area contributed by atoms with Crippen molar-refractivity contribution in [3.05, 3.63) is 0 Å². The quantitative estimate of drug-likeness (QED) is 0.689. The van der Waals surface area contributed by atoms with E-state index in [9.17, 15) is 8.78 Å². The minimum Gasteiger partial charge on any atom is -0.396 e. The van der Waals surface area contributed by atoms with Crippen molar-refractivity contribution in [2.75, 3.05) is 6.61 Å². The van der Waals surface area contributed by atoms with Crippen LogP contribution in [0.4, 0.5) is 8.78 Å². The molecule has 0 aliphatic rings. The molecule has 0 spiro atoms. The van der Waals surface area contributed by atoms with Gasteiger partial charge in [-0.15, -0.1) is 0 Å². The van der Waals surface area contributed by atoms with Gasteiger partial charge in [-0.3, -0.25) is 0 Å². The third-order valence-electron chi connectivity index (χ3n) is 2.39. The van der Waals surface area contributed by atoms with Crippen LogP contribution < -0.4 is 0 Å². The predicted octanol–water partition coefficient (Wildman–Crippen LogP) is 2.83. The lowest BCUT2D eigenvalue weighted by Crippen LogP contribution is -2.35. The molecule has 74 valence electrons. The van der Waals surface area contributed by atoms with E-state index in [1.165, 1.54) is 6.92 Å². The maximum absolute atomic E-state index is 13.2. The Kier molecular flexibility index (Phi) is 4.11. The third-order valence-corrected chi connectivity index (χ3v) is 2.39. The van der Waals surface area contributed by atoms with Crippen LogP contribution in [0, 0.1) is 5.41 Å². The van der Waals surface area contributed by atoms with Crippen molar-refractivity contribution in [3.63, 3.8) is 0 Å². The van der Waals surface area contributed by atoms with Crippen molar-refractivity contribution in [1.29, 1.82) is 0 Å². The summed E-state index contributed by atoms with van der Waals surface area (Å²) in [7, 11) is 0. The van der Waals surface area contributed by atoms with Gasteiger partial charge in [0.25, 0.3) is 5.92 Å². The summed E-state index contributed by atoms with van der Waals surface area (Å²) in [6.45, 7) is 4.57. The van der Waals surface area contributed by atoms with E-state index >= 15 is 0 Å². The number of rotatable bonds is 5. The SMILES string of the molecule is CCC(F)(F)C(C)(C)CCCO. The third kappa shape index (κ3) is 2.70. The molecule has 0 radical (unpaired) electrons. The van der Waals surface area contributed by atoms with Crippen LogP contribution in [0.25, 0.3) is 0 Å². The van der Waals surface area contributed by atoms with Crippen LogP contribution in [-0.2, 0) is 0 Å². The van der Waals surface area contributed by atoms with Gasteiger partial charge >= 0.3 is 0 Å². The summed E-state index contributed by atoms with van der Waals surface area (Å²) < 4.78 is 26.3. The highest BCUT2D eigenvalue weighted by Gasteiger charge is 2.43. The first-order valence-corrected chi connectivity index (χ1v) is 4.36. The Hall–Kier alpha value is -0.180. The molecule has 0 aromatic carbocycles. The van der Waals surface area contributed by atoms with E-state index in [0.29, 0.717) is 12.8 Å². The summed E-state index contributed by atoms with van der Waals surface area (Å²) in [5, 5.41) is 8.52. The lowest BCUT2D eigenvalue weighted by Gasteiger charge is -2.33. The molecule has 0 heterocycles. The lowest BCUT2D eigenvalue weighted by atomic mass is 9.80. The van der Waals surface area contributed by atoms with Crippen molar-refractivity contribution in [2.24, 2.45) is 5.41 Å². The van der Waals surface area contributed by atoms with E-state index in [1.807, 2.05) is 0 Å². The van der Waals surface area contributed by atoms with Gasteiger partial charge in [0.2, 0.25) is 0 Å². The van der Waals surface area contributed by atoms with Crippen LogP contribution in [0.15, 0.2) is 0 Å². The molecule has 0 aliphatic carbocycles. The molecule has 0 aromatic heterocycles. The molecule has 0 aliphatic heterocycles. The zero-order valence-corrected chi connectivity index (χ0v) is 8.03. The molecule has 0 saturated heterocycles. The molecule has 1 N–H and O–H groups in total. The van der Waals surface area contributed by atoms with E-state index < -0.39 is 11.3 Å². The number of hydrogen-bond donors (Lipinski definition) is 1. The van der Waals surface area contributed by atoms with Gasteiger partial charge in [0, 0.05) is 18.4 Å². The number of aliphatic hydroxyl groups is 1. The van der Waals surface area contributed by atoms with Gasteiger partial charge in [0.05, 0.1) is 0 Å². The molecular formula is C9H18F2O. The average molecular weight is 180 g/mol. The first kappa shape index (κ1) is 11.8. The summed E-state index contributed by atoms with van der Waals surface area (Å²) in [6.07, 6.45) is 0.679. The van der Waals surface area contributed by atoms with Gasteiger partial charge in [-0.05, 0) is 12.8 Å². The van der Waals surface area contributed by atoms with E-state index in [2.05, 4.69) is 0 Å². The highest BCUT2D eigenvalue weighted by atomic mass is 19.3. The Balaban J connectivity index is 4.17. The second-order valence-electron chi connectivity index (χ2n) is 3.77. The highest BCUT2D eigenvalue weighted by molar-refractivity contribution is 4.83. The smallest absolute Gasteiger partial charge is 0.252 e. The van der Waals surface area contributed by atoms with Gasteiger partial charge in [-0.25, -0.2) is 8.78 Å². The Morgan fingerprint density at radius 3 is 2.08 bits per heavy atom. The van der Waals surface area contributed by atoms with Crippen LogP contribution >= 0.6 is 0 Å². The molecule has 0 rings (SSSR count). The Morgan fingerprint density at radius 2 is 1.75 bits per heavy atom. The predicted molar refractivity (Wildman–Crippen MR) is 45.3 cm³/mol. The zero-order chi connectivity index (χ0) is 9.83. The van der Waals surface area contributed by atoms with Crippen LogP contribution in [0.3, 0.4) is 0 Å². The summed E-state index contributed by atoms with van der Waals surface area (Å²) in [4.78, 5) is 0. The van der Waals surface area contributed by atoms with Crippen LogP contribution in [0.1, 0.15) is 40.0 Å². The van der Waals surface area contributed by atoms with Crippen LogP contribution in [-0.4, -0.2) is 17.6 Å². The largest absolute Gasteiger partial charge is 0.396 e. The first-order valence-electron chi connectivity index (χ1n) is 4.36. The second-order valence-corrected chi connectivity index (χ2v) is 3.77. The Labute approximate surface area is 72.8 Å². The molecule has 0 atom stereocenters. The van der Waals surface area contributed by atoms with Crippen LogP contribution in [0.5, 0.6) is 0 Å². The number of aliphatic hydroxyl groups excluding tert-OH is 1. The van der Waals surface area contributed by atoms with Crippen molar-refractivity contribution in [3.8, 4) is 0 Å². The fourth-order valence-electron chi connectivity index (χ4n) is 1.18. The molecular weight excluding hydrogens is 162 g/mol. The maximum Gasteiger partial charge on any atom is 0.252 e. The van der Waals surface area contributed by atoms with E-state index in [1.54, 1.807) is 13.8 Å². The van der Waals surface area contributed by atoms with Crippen molar-refractivity contribution in [1.82, 2.24) is 0 Å². The maximum atomic E-state index is 13.2. The number of alkyl halides is 2. The normalized spacial score (nSPS) is 13.5. The average Bonchev–Trinajstić information content (AvgIpc) is 2.00. The highest BCUT2D eigenvalue weighted by Crippen LogP contribution is 2.41. The van der Waals surface area contributed by atoms with Gasteiger partial charge < -0.3 is 5.11 Å². The standard InChI is InChI=1S/C9H18F2O/c1-4-9(10,11)8(2,3)6-5-7-12/h12H,4-7H2,1-3H3. The van der Waals surface area contributed by atoms with Crippen molar-refractivity contribution < 1.29 is 13.9 Å². The van der Waals surface area contributed by atoms with Crippen LogP contribution in [0.2, 0.25) is 0 Å². The molecule has 0 bridgehead atoms. The fraction of sp³-hybridized carbons (Fsp3) is 1.00. The minimum atomic E-state index is -2.62. The second kappa shape index (κ2) is 4.17. The summed E-state index contributed by atoms with van der Waals surface area (Å²) >= 11 is 0. The van der Waals surface area contributed by atoms with E-state index in [-0.39, 0.29) is 13.0 Å². The minimum absolute atomic E-state index is 0.0107. The molecule has 0 saturated carbocycles. The molecule has 0 amide bonds. The van der Waals surface area contributed by atoms with Crippen molar-refractivity contribution >= 4 is 0 Å². The molecule has 0 unspecified atom stereocenters. The molecule has 0 aromatic rings. The van der Waals surface area contributed by atoms with Gasteiger partial charge in [-0.1, -0.05) is 20.8 Å². The fourth-order valence-corrected chi connectivity index (χ4v) is 1.18. The monoisotopic (exact) mass is 180 g/mol. The molecule has 12 heavy (non-hydrogen) atoms.